The van der Waals surface area contributed by atoms with Crippen molar-refractivity contribution in [1.29, 1.82) is 0 Å². The van der Waals surface area contributed by atoms with Crippen LogP contribution in [0.5, 0.6) is 0 Å². The minimum absolute atomic E-state index is 0.201. The number of hydrogen-bond acceptors (Lipinski definition) is 5. The van der Waals surface area contributed by atoms with Crippen molar-refractivity contribution in [2.75, 3.05) is 12.4 Å². The maximum atomic E-state index is 11.3. The zero-order chi connectivity index (χ0) is 13.7. The summed E-state index contributed by atoms with van der Waals surface area (Å²) < 4.78 is 6.64. The molecule has 0 atom stereocenters. The van der Waals surface area contributed by atoms with Crippen molar-refractivity contribution in [2.24, 2.45) is 0 Å². The number of benzene rings is 1. The molecule has 0 amide bonds. The quantitative estimate of drug-likeness (QED) is 0.627. The van der Waals surface area contributed by atoms with Crippen molar-refractivity contribution in [1.82, 2.24) is 14.8 Å². The Morgan fingerprint density at radius 3 is 3.11 bits per heavy atom. The highest BCUT2D eigenvalue weighted by atomic mass is 35.5. The highest BCUT2D eigenvalue weighted by Crippen LogP contribution is 2.21. The summed E-state index contributed by atoms with van der Waals surface area (Å²) in [5.41, 5.74) is 0.851. The first kappa shape index (κ1) is 13.9. The van der Waals surface area contributed by atoms with Crippen LogP contribution in [0.2, 0.25) is 5.02 Å². The average molecular weight is 298 g/mol. The van der Waals surface area contributed by atoms with Gasteiger partial charge < -0.3 is 4.74 Å². The van der Waals surface area contributed by atoms with E-state index >= 15 is 0 Å². The van der Waals surface area contributed by atoms with Gasteiger partial charge >= 0.3 is 5.97 Å². The summed E-state index contributed by atoms with van der Waals surface area (Å²) >= 11 is 7.22. The number of carbonyl (C=O) groups excluding carboxylic acids is 1. The van der Waals surface area contributed by atoms with E-state index in [0.29, 0.717) is 16.8 Å². The molecule has 0 N–H and O–H groups in total. The van der Waals surface area contributed by atoms with Crippen LogP contribution < -0.4 is 0 Å². The van der Waals surface area contributed by atoms with E-state index in [-0.39, 0.29) is 11.7 Å². The summed E-state index contributed by atoms with van der Waals surface area (Å²) in [4.78, 5) is 11.3. The Kier molecular flexibility index (Phi) is 4.81. The summed E-state index contributed by atoms with van der Waals surface area (Å²) in [6, 6.07) is 7.33. The largest absolute Gasteiger partial charge is 0.465 e. The van der Waals surface area contributed by atoms with Gasteiger partial charge in [-0.1, -0.05) is 29.4 Å². The fraction of sp³-hybridized carbons (Fsp3) is 0.250. The van der Waals surface area contributed by atoms with Gasteiger partial charge in [0, 0.05) is 5.02 Å². The Bertz CT molecular complexity index is 574. The van der Waals surface area contributed by atoms with Gasteiger partial charge in [-0.2, -0.15) is 0 Å². The molecule has 0 spiro atoms. The number of esters is 1. The van der Waals surface area contributed by atoms with E-state index in [1.807, 2.05) is 12.1 Å². The van der Waals surface area contributed by atoms with Gasteiger partial charge in [0.1, 0.15) is 6.33 Å². The first-order valence-corrected chi connectivity index (χ1v) is 7.01. The van der Waals surface area contributed by atoms with Crippen LogP contribution in [0, 0.1) is 0 Å². The molecule has 2 rings (SSSR count). The lowest BCUT2D eigenvalue weighted by atomic mass is 10.3. The molecular weight excluding hydrogens is 286 g/mol. The molecule has 0 saturated carbocycles. The molecular formula is C12H12ClN3O2S. The second-order valence-corrected chi connectivity index (χ2v) is 4.94. The van der Waals surface area contributed by atoms with Crippen molar-refractivity contribution in [2.45, 2.75) is 12.1 Å². The summed E-state index contributed by atoms with van der Waals surface area (Å²) in [5.74, 6) is -0.0687. The molecule has 5 nitrogen and oxygen atoms in total. The van der Waals surface area contributed by atoms with Crippen LogP contribution in [0.1, 0.15) is 6.92 Å². The Morgan fingerprint density at radius 1 is 1.53 bits per heavy atom. The van der Waals surface area contributed by atoms with Crippen molar-refractivity contribution in [3.05, 3.63) is 35.6 Å². The molecule has 1 aromatic carbocycles. The van der Waals surface area contributed by atoms with Gasteiger partial charge in [-0.3, -0.25) is 9.36 Å². The SMILES string of the molecule is CCOC(=O)CSc1nncn1-c1cccc(Cl)c1. The number of aromatic nitrogens is 3. The molecule has 0 aliphatic rings. The van der Waals surface area contributed by atoms with Gasteiger partial charge in [-0.05, 0) is 25.1 Å². The molecule has 1 heterocycles. The predicted molar refractivity (Wildman–Crippen MR) is 73.7 cm³/mol. The Hall–Kier alpha value is -1.53. The first-order chi connectivity index (χ1) is 9.20. The molecule has 100 valence electrons. The number of thioether (sulfide) groups is 1. The summed E-state index contributed by atoms with van der Waals surface area (Å²) in [6.07, 6.45) is 1.58. The number of carbonyl (C=O) groups is 1. The zero-order valence-corrected chi connectivity index (χ0v) is 11.8. The number of rotatable bonds is 5. The van der Waals surface area contributed by atoms with Gasteiger partial charge in [0.05, 0.1) is 18.0 Å². The molecule has 7 heteroatoms. The zero-order valence-electron chi connectivity index (χ0n) is 10.2. The van der Waals surface area contributed by atoms with E-state index < -0.39 is 0 Å². The number of halogens is 1. The highest BCUT2D eigenvalue weighted by Gasteiger charge is 2.10. The van der Waals surface area contributed by atoms with E-state index in [1.54, 1.807) is 30.0 Å². The Balaban J connectivity index is 2.12. The number of ether oxygens (including phenoxy) is 1. The van der Waals surface area contributed by atoms with Crippen LogP contribution in [0.25, 0.3) is 5.69 Å². The summed E-state index contributed by atoms with van der Waals surface area (Å²) in [5, 5.41) is 9.08. The third kappa shape index (κ3) is 3.71. The van der Waals surface area contributed by atoms with Crippen LogP contribution in [0.4, 0.5) is 0 Å². The van der Waals surface area contributed by atoms with Gasteiger partial charge in [0.2, 0.25) is 0 Å². The topological polar surface area (TPSA) is 57.0 Å². The van der Waals surface area contributed by atoms with Gasteiger partial charge in [0.25, 0.3) is 0 Å². The second kappa shape index (κ2) is 6.58. The number of nitrogens with zero attached hydrogens (tertiary/aromatic N) is 3. The molecule has 19 heavy (non-hydrogen) atoms. The molecule has 0 aliphatic carbocycles. The number of hydrogen-bond donors (Lipinski definition) is 0. The minimum Gasteiger partial charge on any atom is -0.465 e. The van der Waals surface area contributed by atoms with Crippen LogP contribution in [0.15, 0.2) is 35.7 Å². The molecule has 1 aromatic heterocycles. The standard InChI is InChI=1S/C12H12ClN3O2S/c1-2-18-11(17)7-19-12-15-14-8-16(12)10-5-3-4-9(13)6-10/h3-6,8H,2,7H2,1H3. The van der Waals surface area contributed by atoms with Gasteiger partial charge in [0.15, 0.2) is 5.16 Å². The minimum atomic E-state index is -0.270. The highest BCUT2D eigenvalue weighted by molar-refractivity contribution is 7.99. The van der Waals surface area contributed by atoms with Crippen molar-refractivity contribution >= 4 is 29.3 Å². The van der Waals surface area contributed by atoms with Crippen LogP contribution in [-0.4, -0.2) is 33.1 Å². The molecule has 0 saturated heterocycles. The first-order valence-electron chi connectivity index (χ1n) is 5.65. The summed E-state index contributed by atoms with van der Waals surface area (Å²) in [7, 11) is 0. The van der Waals surface area contributed by atoms with E-state index in [9.17, 15) is 4.79 Å². The lowest BCUT2D eigenvalue weighted by molar-refractivity contribution is -0.139. The normalized spacial score (nSPS) is 10.4. The van der Waals surface area contributed by atoms with Crippen LogP contribution in [0.3, 0.4) is 0 Å². The van der Waals surface area contributed by atoms with Crippen molar-refractivity contribution < 1.29 is 9.53 Å². The maximum absolute atomic E-state index is 11.3. The fourth-order valence-corrected chi connectivity index (χ4v) is 2.36. The van der Waals surface area contributed by atoms with E-state index in [1.165, 1.54) is 11.8 Å². The monoisotopic (exact) mass is 297 g/mol. The van der Waals surface area contributed by atoms with Gasteiger partial charge in [-0.25, -0.2) is 0 Å². The maximum Gasteiger partial charge on any atom is 0.316 e. The predicted octanol–water partition coefficient (Wildman–Crippen LogP) is 2.58. The molecule has 0 radical (unpaired) electrons. The van der Waals surface area contributed by atoms with Crippen molar-refractivity contribution in [3.8, 4) is 5.69 Å². The second-order valence-electron chi connectivity index (χ2n) is 3.56. The molecule has 0 aliphatic heterocycles. The summed E-state index contributed by atoms with van der Waals surface area (Å²) in [6.45, 7) is 2.15. The van der Waals surface area contributed by atoms with Crippen LogP contribution >= 0.6 is 23.4 Å². The van der Waals surface area contributed by atoms with Crippen molar-refractivity contribution in [3.63, 3.8) is 0 Å². The smallest absolute Gasteiger partial charge is 0.316 e. The van der Waals surface area contributed by atoms with E-state index in [0.717, 1.165) is 5.69 Å². The lowest BCUT2D eigenvalue weighted by Gasteiger charge is -2.06. The van der Waals surface area contributed by atoms with E-state index in [4.69, 9.17) is 16.3 Å². The molecule has 0 fully saturated rings. The fourth-order valence-electron chi connectivity index (χ4n) is 1.45. The molecule has 2 aromatic rings. The molecule has 0 bridgehead atoms. The molecule has 0 unspecified atom stereocenters. The van der Waals surface area contributed by atoms with Crippen LogP contribution in [-0.2, 0) is 9.53 Å². The third-order valence-corrected chi connectivity index (χ3v) is 3.38. The Labute approximate surface area is 119 Å². The van der Waals surface area contributed by atoms with Gasteiger partial charge in [-0.15, -0.1) is 10.2 Å². The lowest BCUT2D eigenvalue weighted by Crippen LogP contribution is -2.07. The Morgan fingerprint density at radius 2 is 2.37 bits per heavy atom. The average Bonchev–Trinajstić information content (AvgIpc) is 2.85. The van der Waals surface area contributed by atoms with E-state index in [2.05, 4.69) is 10.2 Å². The third-order valence-electron chi connectivity index (χ3n) is 2.23.